The number of sulfonamides is 1. The second-order valence-electron chi connectivity index (χ2n) is 5.58. The highest BCUT2D eigenvalue weighted by atomic mass is 127. The number of carbonyl (C=O) groups excluding carboxylic acids is 1. The number of halogens is 1. The van der Waals surface area contributed by atoms with Crippen LogP contribution >= 0.6 is 22.6 Å². The van der Waals surface area contributed by atoms with Gasteiger partial charge < -0.3 is 0 Å². The molecule has 7 nitrogen and oxygen atoms in total. The fourth-order valence-corrected chi connectivity index (χ4v) is 3.57. The Morgan fingerprint density at radius 2 is 1.92 bits per heavy atom. The van der Waals surface area contributed by atoms with Crippen LogP contribution < -0.4 is 10.1 Å². The molecule has 2 aromatic carbocycles. The van der Waals surface area contributed by atoms with Crippen molar-refractivity contribution in [2.24, 2.45) is 15.4 Å². The van der Waals surface area contributed by atoms with Crippen molar-refractivity contribution >= 4 is 38.5 Å². The molecule has 1 aliphatic rings. The van der Waals surface area contributed by atoms with Gasteiger partial charge in [-0.15, -0.1) is 0 Å². The van der Waals surface area contributed by atoms with Gasteiger partial charge in [0.05, 0.1) is 4.90 Å². The fraction of sp³-hybridized carbons (Fsp3) is 0.188. The first-order valence-corrected chi connectivity index (χ1v) is 10.0. The Morgan fingerprint density at radius 3 is 2.60 bits per heavy atom. The average Bonchev–Trinajstić information content (AvgIpc) is 2.97. The summed E-state index contributed by atoms with van der Waals surface area (Å²) in [6.07, 6.45) is 1.35. The summed E-state index contributed by atoms with van der Waals surface area (Å²) in [5.74, 6) is -0.456. The molecule has 1 unspecified atom stereocenters. The van der Waals surface area contributed by atoms with E-state index >= 15 is 0 Å². The molecule has 1 atom stereocenters. The van der Waals surface area contributed by atoms with Crippen molar-refractivity contribution in [3.05, 3.63) is 62.7 Å². The minimum atomic E-state index is -3.72. The number of rotatable bonds is 3. The second kappa shape index (κ2) is 7.12. The third-order valence-electron chi connectivity index (χ3n) is 3.91. The largest absolute Gasteiger partial charge is 0.360 e. The molecule has 0 aliphatic heterocycles. The number of nitrogens with two attached hydrogens (primary N) is 1. The molecule has 2 N–H and O–H groups in total. The summed E-state index contributed by atoms with van der Waals surface area (Å²) in [6.45, 7) is 0. The Bertz CT molecular complexity index is 997. The smallest absolute Gasteiger partial charge is 0.259 e. The average molecular weight is 469 g/mol. The van der Waals surface area contributed by atoms with Gasteiger partial charge in [-0.25, -0.2) is 13.6 Å². The fourth-order valence-electron chi connectivity index (χ4n) is 2.65. The van der Waals surface area contributed by atoms with E-state index in [1.807, 2.05) is 12.1 Å². The zero-order chi connectivity index (χ0) is 18.0. The van der Waals surface area contributed by atoms with E-state index in [0.717, 1.165) is 14.7 Å². The standard InChI is InChI=1S/C16H14IN4O3S/c17-12-4-1-10(2-5-12)16(22)20-21-19-15-8-3-11-9-13(25(18,23)24)6-7-14(11)15/h1-2,4-7,9,15H,3,8H2,(H2,18,23,24)/q+1. The van der Waals surface area contributed by atoms with Crippen LogP contribution in [0.25, 0.3) is 0 Å². The van der Waals surface area contributed by atoms with Crippen LogP contribution in [-0.4, -0.2) is 14.3 Å². The third kappa shape index (κ3) is 4.18. The van der Waals surface area contributed by atoms with Crippen LogP contribution in [-0.2, 0) is 16.4 Å². The lowest BCUT2D eigenvalue weighted by Gasteiger charge is -2.02. The minimum absolute atomic E-state index is 0.0856. The minimum Gasteiger partial charge on any atom is -0.259 e. The highest BCUT2D eigenvalue weighted by molar-refractivity contribution is 14.1. The molecule has 0 saturated carbocycles. The molecule has 25 heavy (non-hydrogen) atoms. The van der Waals surface area contributed by atoms with Crippen molar-refractivity contribution < 1.29 is 13.2 Å². The number of carbonyl (C=O) groups is 1. The maximum Gasteiger partial charge on any atom is 0.360 e. The SMILES string of the molecule is NS(=O)(=O)c1ccc2c(c1)CCC2N=[N+]=NC(=O)c1ccc(I)cc1. The van der Waals surface area contributed by atoms with Gasteiger partial charge >= 0.3 is 5.91 Å². The van der Waals surface area contributed by atoms with Gasteiger partial charge in [-0.1, -0.05) is 6.07 Å². The van der Waals surface area contributed by atoms with E-state index in [0.29, 0.717) is 18.4 Å². The summed E-state index contributed by atoms with van der Waals surface area (Å²) in [7, 11) is -3.72. The predicted octanol–water partition coefficient (Wildman–Crippen LogP) is 2.74. The molecule has 1 aliphatic carbocycles. The number of hydrogen-bond acceptors (Lipinski definition) is 4. The predicted molar refractivity (Wildman–Crippen MR) is 99.4 cm³/mol. The van der Waals surface area contributed by atoms with E-state index in [1.165, 1.54) is 6.07 Å². The maximum atomic E-state index is 11.9. The Kier molecular flexibility index (Phi) is 5.09. The van der Waals surface area contributed by atoms with Crippen molar-refractivity contribution in [1.29, 1.82) is 0 Å². The lowest BCUT2D eigenvalue weighted by Crippen LogP contribution is -2.12. The Balaban J connectivity index is 1.78. The molecule has 1 amide bonds. The van der Waals surface area contributed by atoms with Gasteiger partial charge in [0.1, 0.15) is 5.11 Å². The molecule has 0 fully saturated rings. The molecular weight excluding hydrogens is 455 g/mol. The number of aryl methyl sites for hydroxylation is 1. The zero-order valence-corrected chi connectivity index (χ0v) is 15.9. The monoisotopic (exact) mass is 469 g/mol. The lowest BCUT2D eigenvalue weighted by atomic mass is 10.1. The third-order valence-corrected chi connectivity index (χ3v) is 5.54. The normalized spacial score (nSPS) is 16.0. The number of benzene rings is 2. The van der Waals surface area contributed by atoms with Crippen molar-refractivity contribution in [3.63, 3.8) is 0 Å². The van der Waals surface area contributed by atoms with Crippen LogP contribution in [0.3, 0.4) is 0 Å². The van der Waals surface area contributed by atoms with Gasteiger partial charge in [0.2, 0.25) is 20.0 Å². The van der Waals surface area contributed by atoms with Crippen LogP contribution in [0.15, 0.2) is 57.6 Å². The highest BCUT2D eigenvalue weighted by Gasteiger charge is 2.27. The van der Waals surface area contributed by atoms with Crippen LogP contribution in [0, 0.1) is 3.57 Å². The van der Waals surface area contributed by atoms with Crippen LogP contribution in [0.1, 0.15) is 33.9 Å². The van der Waals surface area contributed by atoms with Gasteiger partial charge in [-0.05, 0) is 83.0 Å². The molecule has 9 heteroatoms. The van der Waals surface area contributed by atoms with E-state index in [9.17, 15) is 13.2 Å². The van der Waals surface area contributed by atoms with Crippen LogP contribution in [0.2, 0.25) is 0 Å². The molecule has 2 aromatic rings. The Labute approximate surface area is 158 Å². The first kappa shape index (κ1) is 17.9. The number of amides is 1. The second-order valence-corrected chi connectivity index (χ2v) is 8.38. The van der Waals surface area contributed by atoms with Gasteiger partial charge in [0, 0.05) is 9.13 Å². The quantitative estimate of drug-likeness (QED) is 0.423. The summed E-state index contributed by atoms with van der Waals surface area (Å²) in [6, 6.07) is 11.5. The molecule has 0 radical (unpaired) electrons. The Morgan fingerprint density at radius 1 is 1.20 bits per heavy atom. The van der Waals surface area contributed by atoms with Gasteiger partial charge in [0.25, 0.3) is 0 Å². The summed E-state index contributed by atoms with van der Waals surface area (Å²) in [5.41, 5.74) is 2.21. The molecular formula is C16H14IN4O3S+. The first-order valence-electron chi connectivity index (χ1n) is 7.41. The summed E-state index contributed by atoms with van der Waals surface area (Å²) in [4.78, 5) is 15.7. The summed E-state index contributed by atoms with van der Waals surface area (Å²) >= 11 is 2.15. The number of nitrogens with zero attached hydrogens (tertiary/aromatic N) is 3. The molecule has 0 saturated heterocycles. The van der Waals surface area contributed by atoms with Gasteiger partial charge in [0.15, 0.2) is 6.04 Å². The molecule has 128 valence electrons. The van der Waals surface area contributed by atoms with Crippen molar-refractivity contribution in [2.45, 2.75) is 23.8 Å². The number of hydrogen-bond donors (Lipinski definition) is 1. The van der Waals surface area contributed by atoms with Crippen molar-refractivity contribution in [3.8, 4) is 0 Å². The van der Waals surface area contributed by atoms with Crippen LogP contribution in [0.4, 0.5) is 0 Å². The van der Waals surface area contributed by atoms with Crippen molar-refractivity contribution in [2.75, 3.05) is 0 Å². The molecule has 0 aromatic heterocycles. The van der Waals surface area contributed by atoms with E-state index < -0.39 is 15.9 Å². The van der Waals surface area contributed by atoms with E-state index in [4.69, 9.17) is 5.14 Å². The maximum absolute atomic E-state index is 11.9. The van der Waals surface area contributed by atoms with Crippen LogP contribution in [0.5, 0.6) is 0 Å². The van der Waals surface area contributed by atoms with Gasteiger partial charge in [-0.2, -0.15) is 0 Å². The van der Waals surface area contributed by atoms with E-state index in [2.05, 4.69) is 37.7 Å². The molecule has 0 heterocycles. The van der Waals surface area contributed by atoms with E-state index in [1.54, 1.807) is 24.3 Å². The highest BCUT2D eigenvalue weighted by Crippen LogP contribution is 2.34. The topological polar surface area (TPSA) is 116 Å². The Hall–Kier alpha value is -1.94. The van der Waals surface area contributed by atoms with Crippen molar-refractivity contribution in [1.82, 2.24) is 4.91 Å². The van der Waals surface area contributed by atoms with E-state index in [-0.39, 0.29) is 10.9 Å². The first-order chi connectivity index (χ1) is 11.8. The summed E-state index contributed by atoms with van der Waals surface area (Å²) in [5, 5.41) is 12.9. The molecule has 3 rings (SSSR count). The molecule has 0 bridgehead atoms. The zero-order valence-electron chi connectivity index (χ0n) is 13.0. The summed E-state index contributed by atoms with van der Waals surface area (Å²) < 4.78 is 23.8. The number of fused-ring (bicyclic) bond motifs is 1. The lowest BCUT2D eigenvalue weighted by molar-refractivity contribution is 0.0992. The molecule has 0 spiro atoms. The number of primary sulfonamides is 1. The van der Waals surface area contributed by atoms with Gasteiger partial charge in [-0.3, -0.25) is 4.79 Å².